The summed E-state index contributed by atoms with van der Waals surface area (Å²) in [5.74, 6) is 0.522. The number of nitrogens with zero attached hydrogens (tertiary/aromatic N) is 1. The minimum atomic E-state index is 0.124. The number of hydrogen-bond donors (Lipinski definition) is 1. The van der Waals surface area contributed by atoms with Crippen molar-refractivity contribution in [2.24, 2.45) is 0 Å². The molecule has 0 atom stereocenters. The van der Waals surface area contributed by atoms with Gasteiger partial charge >= 0.3 is 0 Å². The van der Waals surface area contributed by atoms with Crippen molar-refractivity contribution in [2.45, 2.75) is 39.5 Å². The van der Waals surface area contributed by atoms with E-state index in [9.17, 15) is 4.79 Å². The largest absolute Gasteiger partial charge is 0.313 e. The average Bonchev–Trinajstić information content (AvgIpc) is 2.12. The fraction of sp³-hybridized carbons (Fsp3) is 0.545. The van der Waals surface area contributed by atoms with Gasteiger partial charge in [-0.3, -0.25) is 4.79 Å². The highest BCUT2D eigenvalue weighted by atomic mass is 32.1. The van der Waals surface area contributed by atoms with E-state index in [1.807, 2.05) is 18.4 Å². The summed E-state index contributed by atoms with van der Waals surface area (Å²) in [5, 5.41) is 0. The molecule has 0 unspecified atom stereocenters. The second kappa shape index (κ2) is 4.69. The van der Waals surface area contributed by atoms with Gasteiger partial charge in [0.2, 0.25) is 0 Å². The van der Waals surface area contributed by atoms with Crippen molar-refractivity contribution in [3.05, 3.63) is 33.2 Å². The van der Waals surface area contributed by atoms with Crippen LogP contribution in [0.5, 0.6) is 0 Å². The van der Waals surface area contributed by atoms with Crippen molar-refractivity contribution >= 4 is 12.6 Å². The third kappa shape index (κ3) is 2.03. The molecule has 1 rings (SSSR count). The van der Waals surface area contributed by atoms with Crippen LogP contribution in [0.4, 0.5) is 0 Å². The van der Waals surface area contributed by atoms with Crippen LogP contribution in [0, 0.1) is 13.8 Å². The van der Waals surface area contributed by atoms with E-state index in [4.69, 9.17) is 0 Å². The molecule has 0 bridgehead atoms. The quantitative estimate of drug-likeness (QED) is 0.761. The lowest BCUT2D eigenvalue weighted by Crippen LogP contribution is -2.26. The topological polar surface area (TPSA) is 22.0 Å². The molecule has 78 valence electrons. The van der Waals surface area contributed by atoms with Crippen LogP contribution in [0.15, 0.2) is 10.9 Å². The molecule has 1 aromatic heterocycles. The molecule has 0 spiro atoms. The van der Waals surface area contributed by atoms with Gasteiger partial charge in [-0.25, -0.2) is 0 Å². The van der Waals surface area contributed by atoms with Gasteiger partial charge in [-0.15, -0.1) is 0 Å². The highest BCUT2D eigenvalue weighted by Crippen LogP contribution is 2.08. The Morgan fingerprint density at radius 2 is 2.07 bits per heavy atom. The molecule has 0 aromatic carbocycles. The Balaban J connectivity index is 3.36. The Hall–Kier alpha value is -0.700. The van der Waals surface area contributed by atoms with Crippen LogP contribution < -0.4 is 5.56 Å². The molecule has 0 saturated carbocycles. The van der Waals surface area contributed by atoms with E-state index < -0.39 is 0 Å². The molecule has 2 nitrogen and oxygen atoms in total. The van der Waals surface area contributed by atoms with Crippen molar-refractivity contribution in [3.63, 3.8) is 0 Å². The molecule has 0 aliphatic heterocycles. The van der Waals surface area contributed by atoms with Crippen LogP contribution in [-0.2, 0) is 12.3 Å². The number of aromatic nitrogens is 1. The summed E-state index contributed by atoms with van der Waals surface area (Å²) >= 11 is 4.19. The maximum atomic E-state index is 11.9. The van der Waals surface area contributed by atoms with Gasteiger partial charge < -0.3 is 4.57 Å². The van der Waals surface area contributed by atoms with Gasteiger partial charge in [-0.1, -0.05) is 6.92 Å². The van der Waals surface area contributed by atoms with Crippen molar-refractivity contribution in [3.8, 4) is 0 Å². The van der Waals surface area contributed by atoms with E-state index in [0.717, 1.165) is 29.8 Å². The Morgan fingerprint density at radius 1 is 1.43 bits per heavy atom. The van der Waals surface area contributed by atoms with Crippen molar-refractivity contribution in [1.82, 2.24) is 4.57 Å². The predicted octanol–water partition coefficient (Wildman–Crippen LogP) is 2.30. The lowest BCUT2D eigenvalue weighted by Gasteiger charge is -2.12. The Kier molecular flexibility index (Phi) is 3.81. The number of rotatable bonds is 3. The van der Waals surface area contributed by atoms with E-state index in [2.05, 4.69) is 25.6 Å². The molecular formula is C11H17NOS. The fourth-order valence-electron chi connectivity index (χ4n) is 1.66. The van der Waals surface area contributed by atoms with Crippen LogP contribution in [0.3, 0.4) is 0 Å². The first-order valence-electron chi connectivity index (χ1n) is 4.92. The lowest BCUT2D eigenvalue weighted by molar-refractivity contribution is 0.630. The molecule has 0 amide bonds. The van der Waals surface area contributed by atoms with Gasteiger partial charge in [-0.05, 0) is 31.9 Å². The van der Waals surface area contributed by atoms with Gasteiger partial charge in [-0.2, -0.15) is 12.6 Å². The third-order valence-corrected chi connectivity index (χ3v) is 2.75. The molecular weight excluding hydrogens is 194 g/mol. The van der Waals surface area contributed by atoms with E-state index in [0.29, 0.717) is 5.75 Å². The standard InChI is InChI=1S/C11H17NOS/c1-4-5-12-9(3)6-8(2)10(7-14)11(12)13/h6,14H,4-5,7H2,1-3H3. The van der Waals surface area contributed by atoms with Crippen LogP contribution in [0.25, 0.3) is 0 Å². The first-order valence-corrected chi connectivity index (χ1v) is 5.55. The second-order valence-corrected chi connectivity index (χ2v) is 3.88. The molecule has 0 aliphatic rings. The second-order valence-electron chi connectivity index (χ2n) is 3.56. The van der Waals surface area contributed by atoms with Crippen LogP contribution >= 0.6 is 12.6 Å². The number of pyridine rings is 1. The van der Waals surface area contributed by atoms with Crippen molar-refractivity contribution in [2.75, 3.05) is 0 Å². The zero-order chi connectivity index (χ0) is 10.7. The van der Waals surface area contributed by atoms with Gasteiger partial charge in [0.25, 0.3) is 5.56 Å². The Morgan fingerprint density at radius 3 is 2.57 bits per heavy atom. The molecule has 0 N–H and O–H groups in total. The Labute approximate surface area is 90.4 Å². The molecule has 14 heavy (non-hydrogen) atoms. The molecule has 1 heterocycles. The van der Waals surface area contributed by atoms with Crippen molar-refractivity contribution < 1.29 is 0 Å². The van der Waals surface area contributed by atoms with E-state index >= 15 is 0 Å². The van der Waals surface area contributed by atoms with Crippen LogP contribution in [0.1, 0.15) is 30.2 Å². The maximum absolute atomic E-state index is 11.9. The minimum Gasteiger partial charge on any atom is -0.313 e. The molecule has 0 saturated heterocycles. The fourth-order valence-corrected chi connectivity index (χ4v) is 2.05. The first kappa shape index (κ1) is 11.4. The van der Waals surface area contributed by atoms with Gasteiger partial charge in [0.1, 0.15) is 0 Å². The SMILES string of the molecule is CCCn1c(C)cc(C)c(CS)c1=O. The van der Waals surface area contributed by atoms with E-state index in [-0.39, 0.29) is 5.56 Å². The normalized spacial score (nSPS) is 10.6. The van der Waals surface area contributed by atoms with Gasteiger partial charge in [0.05, 0.1) is 0 Å². The molecule has 0 aliphatic carbocycles. The predicted molar refractivity (Wildman–Crippen MR) is 63.2 cm³/mol. The smallest absolute Gasteiger partial charge is 0.255 e. The number of aryl methyl sites for hydroxylation is 2. The number of hydrogen-bond acceptors (Lipinski definition) is 2. The molecule has 0 fully saturated rings. The zero-order valence-corrected chi connectivity index (χ0v) is 9.90. The first-order chi connectivity index (χ1) is 6.61. The number of thiol groups is 1. The summed E-state index contributed by atoms with van der Waals surface area (Å²) in [6, 6.07) is 2.06. The van der Waals surface area contributed by atoms with Gasteiger partial charge in [0.15, 0.2) is 0 Å². The molecule has 3 heteroatoms. The Bertz CT molecular complexity index is 382. The lowest BCUT2D eigenvalue weighted by atomic mass is 10.1. The van der Waals surface area contributed by atoms with Crippen molar-refractivity contribution in [1.29, 1.82) is 0 Å². The summed E-state index contributed by atoms with van der Waals surface area (Å²) in [6.45, 7) is 6.82. The molecule has 0 radical (unpaired) electrons. The minimum absolute atomic E-state index is 0.124. The van der Waals surface area contributed by atoms with Gasteiger partial charge in [0, 0.05) is 23.6 Å². The summed E-state index contributed by atoms with van der Waals surface area (Å²) < 4.78 is 1.83. The van der Waals surface area contributed by atoms with Crippen LogP contribution in [0.2, 0.25) is 0 Å². The molecule has 1 aromatic rings. The average molecular weight is 211 g/mol. The van der Waals surface area contributed by atoms with E-state index in [1.54, 1.807) is 0 Å². The summed E-state index contributed by atoms with van der Waals surface area (Å²) in [5.41, 5.74) is 3.04. The van der Waals surface area contributed by atoms with Crippen LogP contribution in [-0.4, -0.2) is 4.57 Å². The summed E-state index contributed by atoms with van der Waals surface area (Å²) in [6.07, 6.45) is 0.982. The monoisotopic (exact) mass is 211 g/mol. The van der Waals surface area contributed by atoms with E-state index in [1.165, 1.54) is 0 Å². The zero-order valence-electron chi connectivity index (χ0n) is 9.00. The highest BCUT2D eigenvalue weighted by molar-refractivity contribution is 7.79. The summed E-state index contributed by atoms with van der Waals surface area (Å²) in [7, 11) is 0. The maximum Gasteiger partial charge on any atom is 0.255 e. The highest BCUT2D eigenvalue weighted by Gasteiger charge is 2.07. The third-order valence-electron chi connectivity index (χ3n) is 2.44. The summed E-state index contributed by atoms with van der Waals surface area (Å²) in [4.78, 5) is 11.9.